The van der Waals surface area contributed by atoms with E-state index in [1.807, 2.05) is 0 Å². The molecule has 7 heteroatoms. The van der Waals surface area contributed by atoms with Crippen molar-refractivity contribution in [2.24, 2.45) is 0 Å². The molecule has 0 unspecified atom stereocenters. The number of carbonyl (C=O) groups excluding carboxylic acids is 1. The number of rotatable bonds is 3. The lowest BCUT2D eigenvalue weighted by Crippen LogP contribution is -2.48. The van der Waals surface area contributed by atoms with Gasteiger partial charge in [-0.05, 0) is 37.0 Å². The summed E-state index contributed by atoms with van der Waals surface area (Å²) in [5.41, 5.74) is 0.506. The van der Waals surface area contributed by atoms with Crippen molar-refractivity contribution in [2.45, 2.75) is 37.5 Å². The third kappa shape index (κ3) is 3.30. The van der Waals surface area contributed by atoms with E-state index in [1.54, 1.807) is 4.90 Å². The maximum Gasteiger partial charge on any atom is 0.318 e. The lowest BCUT2D eigenvalue weighted by Gasteiger charge is -2.27. The van der Waals surface area contributed by atoms with E-state index in [2.05, 4.69) is 5.32 Å². The summed E-state index contributed by atoms with van der Waals surface area (Å²) >= 11 is 0. The molecule has 23 heavy (non-hydrogen) atoms. The molecule has 3 rings (SSSR count). The fraction of sp³-hybridized carbons (Fsp3) is 0.562. The van der Waals surface area contributed by atoms with Gasteiger partial charge in [0.2, 0.25) is 0 Å². The van der Waals surface area contributed by atoms with Crippen LogP contribution >= 0.6 is 0 Å². The molecule has 2 aliphatic rings. The topological polar surface area (TPSA) is 61.8 Å². The average molecular weight is 326 g/mol. The first-order valence-corrected chi connectivity index (χ1v) is 7.84. The van der Waals surface area contributed by atoms with E-state index in [9.17, 15) is 18.7 Å². The van der Waals surface area contributed by atoms with Gasteiger partial charge in [-0.15, -0.1) is 0 Å². The summed E-state index contributed by atoms with van der Waals surface area (Å²) < 4.78 is 32.1. The predicted molar refractivity (Wildman–Crippen MR) is 78.8 cm³/mol. The molecular weight excluding hydrogens is 306 g/mol. The summed E-state index contributed by atoms with van der Waals surface area (Å²) in [5, 5.41) is 12.2. The first-order chi connectivity index (χ1) is 11.1. The highest BCUT2D eigenvalue weighted by molar-refractivity contribution is 5.75. The Bertz CT molecular complexity index is 584. The van der Waals surface area contributed by atoms with E-state index in [0.29, 0.717) is 25.1 Å². The van der Waals surface area contributed by atoms with E-state index in [4.69, 9.17) is 4.74 Å². The van der Waals surface area contributed by atoms with Crippen LogP contribution in [0.5, 0.6) is 0 Å². The Morgan fingerprint density at radius 2 is 2.17 bits per heavy atom. The molecular formula is C16H20F2N2O3. The first kappa shape index (κ1) is 16.1. The van der Waals surface area contributed by atoms with Crippen LogP contribution in [0.4, 0.5) is 13.6 Å². The molecule has 1 aromatic rings. The Balaban J connectivity index is 1.69. The van der Waals surface area contributed by atoms with Crippen molar-refractivity contribution < 1.29 is 23.4 Å². The number of halogens is 2. The number of ether oxygens (including phenoxy) is 1. The summed E-state index contributed by atoms with van der Waals surface area (Å²) in [5.74, 6) is -1.84. The van der Waals surface area contributed by atoms with Crippen LogP contribution < -0.4 is 5.32 Å². The monoisotopic (exact) mass is 326 g/mol. The van der Waals surface area contributed by atoms with Crippen LogP contribution in [0.15, 0.2) is 18.2 Å². The van der Waals surface area contributed by atoms with Crippen molar-refractivity contribution in [3.63, 3.8) is 0 Å². The Morgan fingerprint density at radius 3 is 2.91 bits per heavy atom. The van der Waals surface area contributed by atoms with Crippen LogP contribution in [-0.4, -0.2) is 47.9 Å². The van der Waals surface area contributed by atoms with E-state index < -0.39 is 17.7 Å². The number of aliphatic hydroxyl groups is 1. The number of likely N-dealkylation sites (tertiary alicyclic amines) is 1. The van der Waals surface area contributed by atoms with Gasteiger partial charge in [0.1, 0.15) is 6.10 Å². The smallest absolute Gasteiger partial charge is 0.318 e. The predicted octanol–water partition coefficient (Wildman–Crippen LogP) is 1.96. The highest BCUT2D eigenvalue weighted by Gasteiger charge is 2.35. The fourth-order valence-electron chi connectivity index (χ4n) is 3.29. The molecule has 2 saturated heterocycles. The second kappa shape index (κ2) is 6.80. The Kier molecular flexibility index (Phi) is 4.77. The molecule has 0 spiro atoms. The summed E-state index contributed by atoms with van der Waals surface area (Å²) in [6, 6.07) is 2.94. The SMILES string of the molecule is O=C(N[C@H]1CCO[C@@H]1c1ccc(F)c(F)c1)N1CCC[C@@H]1CO. The maximum absolute atomic E-state index is 13.4. The van der Waals surface area contributed by atoms with Gasteiger partial charge in [-0.1, -0.05) is 6.07 Å². The van der Waals surface area contributed by atoms with Gasteiger partial charge in [-0.25, -0.2) is 13.6 Å². The molecule has 0 saturated carbocycles. The zero-order valence-corrected chi connectivity index (χ0v) is 12.7. The number of carbonyl (C=O) groups is 1. The molecule has 0 aromatic heterocycles. The third-order valence-electron chi connectivity index (χ3n) is 4.52. The largest absolute Gasteiger partial charge is 0.394 e. The number of hydrogen-bond acceptors (Lipinski definition) is 3. The van der Waals surface area contributed by atoms with Gasteiger partial charge in [-0.3, -0.25) is 0 Å². The third-order valence-corrected chi connectivity index (χ3v) is 4.52. The summed E-state index contributed by atoms with van der Waals surface area (Å²) in [6.45, 7) is 1.000. The zero-order chi connectivity index (χ0) is 16.4. The number of aliphatic hydroxyl groups excluding tert-OH is 1. The molecule has 3 atom stereocenters. The normalized spacial score (nSPS) is 27.4. The van der Waals surface area contributed by atoms with Crippen LogP contribution in [0.25, 0.3) is 0 Å². The van der Waals surface area contributed by atoms with Crippen LogP contribution in [0, 0.1) is 11.6 Å². The Labute approximate surface area is 133 Å². The molecule has 2 amide bonds. The molecule has 2 N–H and O–H groups in total. The van der Waals surface area contributed by atoms with Gasteiger partial charge in [0.15, 0.2) is 11.6 Å². The van der Waals surface area contributed by atoms with Crippen molar-refractivity contribution in [1.29, 1.82) is 0 Å². The minimum Gasteiger partial charge on any atom is -0.394 e. The standard InChI is InChI=1S/C16H20F2N2O3/c17-12-4-3-10(8-13(12)18)15-14(5-7-23-15)19-16(22)20-6-1-2-11(20)9-21/h3-4,8,11,14-15,21H,1-2,5-7,9H2,(H,19,22)/t11-,14+,15-/m1/s1. The molecule has 0 radical (unpaired) electrons. The molecule has 126 valence electrons. The quantitative estimate of drug-likeness (QED) is 0.893. The molecule has 2 heterocycles. The number of hydrogen-bond donors (Lipinski definition) is 2. The maximum atomic E-state index is 13.4. The summed E-state index contributed by atoms with van der Waals surface area (Å²) in [6.07, 6.45) is 1.76. The Morgan fingerprint density at radius 1 is 1.35 bits per heavy atom. The molecule has 1 aromatic carbocycles. The van der Waals surface area contributed by atoms with Gasteiger partial charge in [0.05, 0.1) is 18.7 Å². The zero-order valence-electron chi connectivity index (χ0n) is 12.7. The van der Waals surface area contributed by atoms with Crippen molar-refractivity contribution in [3.05, 3.63) is 35.4 Å². The van der Waals surface area contributed by atoms with Crippen LogP contribution in [0.2, 0.25) is 0 Å². The average Bonchev–Trinajstić information content (AvgIpc) is 3.18. The number of nitrogens with zero attached hydrogens (tertiary/aromatic N) is 1. The van der Waals surface area contributed by atoms with Crippen LogP contribution in [0.1, 0.15) is 30.9 Å². The molecule has 2 fully saturated rings. The van der Waals surface area contributed by atoms with Crippen LogP contribution in [-0.2, 0) is 4.74 Å². The van der Waals surface area contributed by atoms with Gasteiger partial charge in [-0.2, -0.15) is 0 Å². The van der Waals surface area contributed by atoms with Crippen molar-refractivity contribution >= 4 is 6.03 Å². The highest BCUT2D eigenvalue weighted by Crippen LogP contribution is 2.30. The van der Waals surface area contributed by atoms with Gasteiger partial charge < -0.3 is 20.1 Å². The number of amides is 2. The highest BCUT2D eigenvalue weighted by atomic mass is 19.2. The summed E-state index contributed by atoms with van der Waals surface area (Å²) in [4.78, 5) is 14.0. The van der Waals surface area contributed by atoms with E-state index in [0.717, 1.165) is 25.0 Å². The number of urea groups is 1. The molecule has 5 nitrogen and oxygen atoms in total. The fourth-order valence-corrected chi connectivity index (χ4v) is 3.29. The van der Waals surface area contributed by atoms with Gasteiger partial charge in [0.25, 0.3) is 0 Å². The second-order valence-corrected chi connectivity index (χ2v) is 5.98. The van der Waals surface area contributed by atoms with Crippen molar-refractivity contribution in [2.75, 3.05) is 19.8 Å². The molecule has 0 bridgehead atoms. The first-order valence-electron chi connectivity index (χ1n) is 7.84. The number of nitrogens with one attached hydrogen (secondary N) is 1. The Hall–Kier alpha value is -1.73. The molecule has 2 aliphatic heterocycles. The lowest BCUT2D eigenvalue weighted by atomic mass is 10.0. The van der Waals surface area contributed by atoms with Gasteiger partial charge in [0, 0.05) is 13.2 Å². The second-order valence-electron chi connectivity index (χ2n) is 5.98. The van der Waals surface area contributed by atoms with E-state index >= 15 is 0 Å². The van der Waals surface area contributed by atoms with Crippen LogP contribution in [0.3, 0.4) is 0 Å². The van der Waals surface area contributed by atoms with E-state index in [1.165, 1.54) is 6.07 Å². The van der Waals surface area contributed by atoms with Crippen molar-refractivity contribution in [3.8, 4) is 0 Å². The van der Waals surface area contributed by atoms with Gasteiger partial charge >= 0.3 is 6.03 Å². The van der Waals surface area contributed by atoms with E-state index in [-0.39, 0.29) is 24.7 Å². The minimum absolute atomic E-state index is 0.0544. The number of benzene rings is 1. The van der Waals surface area contributed by atoms with Crippen molar-refractivity contribution in [1.82, 2.24) is 10.2 Å². The minimum atomic E-state index is -0.928. The summed E-state index contributed by atoms with van der Waals surface area (Å²) in [7, 11) is 0. The lowest BCUT2D eigenvalue weighted by molar-refractivity contribution is 0.0962. The molecule has 0 aliphatic carbocycles.